The van der Waals surface area contributed by atoms with Gasteiger partial charge in [-0.2, -0.15) is 0 Å². The van der Waals surface area contributed by atoms with Crippen molar-refractivity contribution in [3.05, 3.63) is 71.8 Å². The van der Waals surface area contributed by atoms with Gasteiger partial charge in [0.25, 0.3) is 0 Å². The third-order valence-electron chi connectivity index (χ3n) is 5.35. The Bertz CT molecular complexity index is 893. The molecule has 7 nitrogen and oxygen atoms in total. The van der Waals surface area contributed by atoms with Crippen LogP contribution < -0.4 is 16.4 Å². The maximum Gasteiger partial charge on any atom is 0.328 e. The molecule has 2 aromatic rings. The van der Waals surface area contributed by atoms with Gasteiger partial charge >= 0.3 is 5.97 Å². The van der Waals surface area contributed by atoms with E-state index < -0.39 is 30.0 Å². The Morgan fingerprint density at radius 3 is 1.91 bits per heavy atom. The van der Waals surface area contributed by atoms with Gasteiger partial charge in [-0.15, -0.1) is 12.4 Å². The van der Waals surface area contributed by atoms with Gasteiger partial charge in [-0.1, -0.05) is 74.5 Å². The SMILES string of the molecule is COC(=O)C(Cc1ccccc1)NC(=O)[C@H](CC(C)C)NC(=O)C(N)CCc1ccccc1.Cl. The quantitative estimate of drug-likeness (QED) is 0.397. The summed E-state index contributed by atoms with van der Waals surface area (Å²) < 4.78 is 4.88. The molecule has 0 aromatic heterocycles. The number of rotatable bonds is 12. The number of halogens is 1. The summed E-state index contributed by atoms with van der Waals surface area (Å²) in [5.41, 5.74) is 8.09. The van der Waals surface area contributed by atoms with Crippen LogP contribution in [-0.4, -0.2) is 43.0 Å². The minimum absolute atomic E-state index is 0. The molecule has 0 bridgehead atoms. The Morgan fingerprint density at radius 1 is 0.853 bits per heavy atom. The number of methoxy groups -OCH3 is 1. The summed E-state index contributed by atoms with van der Waals surface area (Å²) >= 11 is 0. The fraction of sp³-hybridized carbons (Fsp3) is 0.423. The summed E-state index contributed by atoms with van der Waals surface area (Å²) in [6, 6.07) is 16.7. The third-order valence-corrected chi connectivity index (χ3v) is 5.35. The average Bonchev–Trinajstić information content (AvgIpc) is 2.82. The fourth-order valence-electron chi connectivity index (χ4n) is 3.54. The first-order valence-electron chi connectivity index (χ1n) is 11.3. The van der Waals surface area contributed by atoms with Gasteiger partial charge in [0.1, 0.15) is 12.1 Å². The second-order valence-electron chi connectivity index (χ2n) is 8.60. The lowest BCUT2D eigenvalue weighted by molar-refractivity contribution is -0.145. The van der Waals surface area contributed by atoms with Gasteiger partial charge in [0, 0.05) is 6.42 Å². The first kappa shape index (κ1) is 29.1. The van der Waals surface area contributed by atoms with Gasteiger partial charge in [-0.3, -0.25) is 9.59 Å². The molecule has 0 saturated carbocycles. The molecule has 0 aliphatic heterocycles. The number of nitrogens with two attached hydrogens (primary N) is 1. The Kier molecular flexibility index (Phi) is 12.9. The molecular weight excluding hydrogens is 454 g/mol. The van der Waals surface area contributed by atoms with E-state index in [4.69, 9.17) is 10.5 Å². The lowest BCUT2D eigenvalue weighted by Gasteiger charge is -2.24. The van der Waals surface area contributed by atoms with Crippen LogP contribution in [0.2, 0.25) is 0 Å². The number of hydrogen-bond donors (Lipinski definition) is 3. The van der Waals surface area contributed by atoms with Crippen molar-refractivity contribution >= 4 is 30.2 Å². The molecule has 0 heterocycles. The topological polar surface area (TPSA) is 111 Å². The average molecular weight is 490 g/mol. The van der Waals surface area contributed by atoms with E-state index in [9.17, 15) is 14.4 Å². The highest BCUT2D eigenvalue weighted by Gasteiger charge is 2.29. The van der Waals surface area contributed by atoms with Crippen molar-refractivity contribution < 1.29 is 19.1 Å². The molecule has 0 saturated heterocycles. The van der Waals surface area contributed by atoms with Crippen LogP contribution in [0.25, 0.3) is 0 Å². The number of aryl methyl sites for hydroxylation is 1. The Morgan fingerprint density at radius 2 is 1.38 bits per heavy atom. The standard InChI is InChI=1S/C26H35N3O4.ClH/c1-18(2)16-22(28-24(30)21(27)15-14-19-10-6-4-7-11-19)25(31)29-23(26(32)33-3)17-20-12-8-5-9-13-20;/h4-13,18,21-23H,14-17,27H2,1-3H3,(H,28,30)(H,29,31);1H/t21?,22-,23?;/m0./s1. The summed E-state index contributed by atoms with van der Waals surface area (Å²) in [6.07, 6.45) is 1.84. The number of carbonyl (C=O) groups is 3. The summed E-state index contributed by atoms with van der Waals surface area (Å²) in [5.74, 6) is -1.21. The van der Waals surface area contributed by atoms with Crippen molar-refractivity contribution in [2.75, 3.05) is 7.11 Å². The van der Waals surface area contributed by atoms with Crippen LogP contribution in [0.4, 0.5) is 0 Å². The molecule has 0 aliphatic rings. The number of carbonyl (C=O) groups excluding carboxylic acids is 3. The lowest BCUT2D eigenvalue weighted by Crippen LogP contribution is -2.55. The van der Waals surface area contributed by atoms with Crippen molar-refractivity contribution in [1.29, 1.82) is 0 Å². The van der Waals surface area contributed by atoms with E-state index in [1.54, 1.807) is 0 Å². The first-order chi connectivity index (χ1) is 15.8. The molecule has 2 unspecified atom stereocenters. The van der Waals surface area contributed by atoms with Crippen LogP contribution in [0.3, 0.4) is 0 Å². The molecule has 34 heavy (non-hydrogen) atoms. The third kappa shape index (κ3) is 9.93. The molecule has 0 spiro atoms. The van der Waals surface area contributed by atoms with Gasteiger partial charge in [0.05, 0.1) is 13.2 Å². The maximum atomic E-state index is 13.1. The van der Waals surface area contributed by atoms with Crippen LogP contribution in [-0.2, 0) is 32.0 Å². The fourth-order valence-corrected chi connectivity index (χ4v) is 3.54. The predicted octanol–water partition coefficient (Wildman–Crippen LogP) is 2.80. The minimum atomic E-state index is -0.858. The molecule has 0 fully saturated rings. The number of ether oxygens (including phenoxy) is 1. The highest BCUT2D eigenvalue weighted by atomic mass is 35.5. The van der Waals surface area contributed by atoms with E-state index in [1.165, 1.54) is 7.11 Å². The smallest absolute Gasteiger partial charge is 0.328 e. The summed E-state index contributed by atoms with van der Waals surface area (Å²) in [6.45, 7) is 3.92. The van der Waals surface area contributed by atoms with Crippen molar-refractivity contribution in [2.24, 2.45) is 11.7 Å². The largest absolute Gasteiger partial charge is 0.467 e. The second-order valence-corrected chi connectivity index (χ2v) is 8.60. The first-order valence-corrected chi connectivity index (χ1v) is 11.3. The number of hydrogen-bond acceptors (Lipinski definition) is 5. The zero-order chi connectivity index (χ0) is 24.2. The summed E-state index contributed by atoms with van der Waals surface area (Å²) in [5, 5.41) is 5.54. The van der Waals surface area contributed by atoms with E-state index in [0.29, 0.717) is 19.3 Å². The van der Waals surface area contributed by atoms with E-state index in [1.807, 2.05) is 74.5 Å². The monoisotopic (exact) mass is 489 g/mol. The highest BCUT2D eigenvalue weighted by Crippen LogP contribution is 2.10. The molecule has 8 heteroatoms. The van der Waals surface area contributed by atoms with Gasteiger partial charge < -0.3 is 21.1 Å². The Labute approximate surface area is 208 Å². The van der Waals surface area contributed by atoms with E-state index in [-0.39, 0.29) is 30.7 Å². The van der Waals surface area contributed by atoms with E-state index in [0.717, 1.165) is 11.1 Å². The molecule has 0 radical (unpaired) electrons. The molecule has 4 N–H and O–H groups in total. The molecule has 2 aromatic carbocycles. The summed E-state index contributed by atoms with van der Waals surface area (Å²) in [4.78, 5) is 38.1. The number of esters is 1. The molecule has 186 valence electrons. The molecule has 2 amide bonds. The normalized spacial score (nSPS) is 13.2. The van der Waals surface area contributed by atoms with Crippen molar-refractivity contribution in [3.63, 3.8) is 0 Å². The zero-order valence-electron chi connectivity index (χ0n) is 20.0. The number of benzene rings is 2. The van der Waals surface area contributed by atoms with Crippen LogP contribution in [0.5, 0.6) is 0 Å². The Balaban J connectivity index is 0.00000578. The van der Waals surface area contributed by atoms with Gasteiger partial charge in [-0.05, 0) is 36.3 Å². The lowest BCUT2D eigenvalue weighted by atomic mass is 10.00. The molecule has 3 atom stereocenters. The molecular formula is C26H36ClN3O4. The van der Waals surface area contributed by atoms with Crippen LogP contribution in [0.1, 0.15) is 37.8 Å². The number of nitrogens with one attached hydrogen (secondary N) is 2. The van der Waals surface area contributed by atoms with Crippen LogP contribution in [0, 0.1) is 5.92 Å². The van der Waals surface area contributed by atoms with Crippen molar-refractivity contribution in [3.8, 4) is 0 Å². The Hall–Kier alpha value is -2.90. The van der Waals surface area contributed by atoms with E-state index in [2.05, 4.69) is 10.6 Å². The van der Waals surface area contributed by atoms with E-state index >= 15 is 0 Å². The zero-order valence-corrected chi connectivity index (χ0v) is 20.8. The van der Waals surface area contributed by atoms with Crippen LogP contribution >= 0.6 is 12.4 Å². The minimum Gasteiger partial charge on any atom is -0.467 e. The molecule has 0 aliphatic carbocycles. The van der Waals surface area contributed by atoms with Gasteiger partial charge in [-0.25, -0.2) is 4.79 Å². The van der Waals surface area contributed by atoms with Crippen molar-refractivity contribution in [1.82, 2.24) is 10.6 Å². The summed E-state index contributed by atoms with van der Waals surface area (Å²) in [7, 11) is 1.28. The van der Waals surface area contributed by atoms with Crippen LogP contribution in [0.15, 0.2) is 60.7 Å². The van der Waals surface area contributed by atoms with Gasteiger partial charge in [0.15, 0.2) is 0 Å². The number of amides is 2. The van der Waals surface area contributed by atoms with Gasteiger partial charge in [0.2, 0.25) is 11.8 Å². The highest BCUT2D eigenvalue weighted by molar-refractivity contribution is 5.92. The predicted molar refractivity (Wildman–Crippen MR) is 135 cm³/mol. The molecule has 2 rings (SSSR count). The van der Waals surface area contributed by atoms with Crippen molar-refractivity contribution in [2.45, 2.75) is 57.7 Å². The maximum absolute atomic E-state index is 13.1. The second kappa shape index (κ2) is 15.1.